The van der Waals surface area contributed by atoms with Crippen LogP contribution in [-0.4, -0.2) is 29.8 Å². The molecule has 2 rings (SSSR count). The van der Waals surface area contributed by atoms with E-state index in [4.69, 9.17) is 9.47 Å². The number of carbonyl (C=O) groups is 1. The van der Waals surface area contributed by atoms with Gasteiger partial charge in [-0.3, -0.25) is 4.98 Å². The number of carboxylic acids is 1. The minimum Gasteiger partial charge on any atom is -0.493 e. The Morgan fingerprint density at radius 3 is 2.42 bits per heavy atom. The van der Waals surface area contributed by atoms with Gasteiger partial charge in [0.1, 0.15) is 5.75 Å². The molecule has 5 nitrogen and oxygen atoms in total. The highest BCUT2D eigenvalue weighted by atomic mass is 16.5. The molecule has 24 heavy (non-hydrogen) atoms. The third kappa shape index (κ3) is 4.11. The molecule has 1 heterocycles. The van der Waals surface area contributed by atoms with Crippen LogP contribution in [0.4, 0.5) is 0 Å². The molecule has 0 bridgehead atoms. The largest absolute Gasteiger partial charge is 0.493 e. The summed E-state index contributed by atoms with van der Waals surface area (Å²) >= 11 is 0. The number of hydrogen-bond donors (Lipinski definition) is 1. The summed E-state index contributed by atoms with van der Waals surface area (Å²) in [6.07, 6.45) is 3.59. The Labute approximate surface area is 142 Å². The molecule has 0 aliphatic heterocycles. The van der Waals surface area contributed by atoms with Crippen LogP contribution in [0.1, 0.15) is 30.7 Å². The molecule has 1 unspecified atom stereocenters. The van der Waals surface area contributed by atoms with Crippen LogP contribution in [0, 0.1) is 0 Å². The SMILES string of the molecule is CCc1ccc(CCOc2ccc(C(C)(OC)C(=O)O)cc2)nc1. The zero-order valence-electron chi connectivity index (χ0n) is 14.3. The number of nitrogens with zero attached hydrogens (tertiary/aromatic N) is 1. The van der Waals surface area contributed by atoms with Gasteiger partial charge in [0.05, 0.1) is 6.61 Å². The predicted octanol–water partition coefficient (Wildman–Crippen LogP) is 3.21. The van der Waals surface area contributed by atoms with E-state index in [0.717, 1.165) is 18.5 Å². The lowest BCUT2D eigenvalue weighted by atomic mass is 9.96. The van der Waals surface area contributed by atoms with Crippen molar-refractivity contribution in [3.8, 4) is 5.75 Å². The van der Waals surface area contributed by atoms with E-state index in [1.165, 1.54) is 19.6 Å². The third-order valence-electron chi connectivity index (χ3n) is 4.14. The Morgan fingerprint density at radius 2 is 1.92 bits per heavy atom. The summed E-state index contributed by atoms with van der Waals surface area (Å²) in [5.41, 5.74) is 1.42. The molecule has 0 spiro atoms. The van der Waals surface area contributed by atoms with E-state index in [1.54, 1.807) is 24.3 Å². The molecule has 0 saturated heterocycles. The fourth-order valence-corrected chi connectivity index (χ4v) is 2.28. The first-order valence-corrected chi connectivity index (χ1v) is 7.95. The quantitative estimate of drug-likeness (QED) is 0.805. The van der Waals surface area contributed by atoms with Crippen molar-refractivity contribution in [1.29, 1.82) is 0 Å². The molecule has 1 aromatic heterocycles. The van der Waals surface area contributed by atoms with Gasteiger partial charge in [0.25, 0.3) is 0 Å². The Kier molecular flexibility index (Phi) is 5.93. The summed E-state index contributed by atoms with van der Waals surface area (Å²) in [4.78, 5) is 15.7. The van der Waals surface area contributed by atoms with Gasteiger partial charge < -0.3 is 14.6 Å². The number of benzene rings is 1. The van der Waals surface area contributed by atoms with Crippen molar-refractivity contribution in [2.24, 2.45) is 0 Å². The van der Waals surface area contributed by atoms with Crippen molar-refractivity contribution in [3.63, 3.8) is 0 Å². The summed E-state index contributed by atoms with van der Waals surface area (Å²) in [5.74, 6) is -0.340. The minimum absolute atomic E-state index is 0.512. The average molecular weight is 329 g/mol. The Morgan fingerprint density at radius 1 is 1.21 bits per heavy atom. The molecule has 0 fully saturated rings. The fraction of sp³-hybridized carbons (Fsp3) is 0.368. The van der Waals surface area contributed by atoms with E-state index in [9.17, 15) is 9.90 Å². The van der Waals surface area contributed by atoms with Crippen LogP contribution in [-0.2, 0) is 28.0 Å². The first-order valence-electron chi connectivity index (χ1n) is 7.95. The second-order valence-electron chi connectivity index (χ2n) is 5.68. The van der Waals surface area contributed by atoms with Crippen molar-refractivity contribution in [3.05, 3.63) is 59.4 Å². The fourth-order valence-electron chi connectivity index (χ4n) is 2.28. The molecule has 0 saturated carbocycles. The van der Waals surface area contributed by atoms with E-state index < -0.39 is 11.6 Å². The number of hydrogen-bond acceptors (Lipinski definition) is 4. The molecule has 1 atom stereocenters. The molecule has 5 heteroatoms. The number of ether oxygens (including phenoxy) is 2. The number of carboxylic acid groups (broad SMARTS) is 1. The number of aromatic nitrogens is 1. The molecule has 1 aromatic carbocycles. The molecular formula is C19H23NO4. The zero-order valence-corrected chi connectivity index (χ0v) is 14.3. The monoisotopic (exact) mass is 329 g/mol. The lowest BCUT2D eigenvalue weighted by Gasteiger charge is -2.23. The highest BCUT2D eigenvalue weighted by Crippen LogP contribution is 2.26. The maximum absolute atomic E-state index is 11.3. The molecule has 0 radical (unpaired) electrons. The van der Waals surface area contributed by atoms with Gasteiger partial charge in [-0.1, -0.05) is 25.1 Å². The summed E-state index contributed by atoms with van der Waals surface area (Å²) in [6, 6.07) is 11.0. The van der Waals surface area contributed by atoms with Gasteiger partial charge in [-0.2, -0.15) is 0 Å². The Hall–Kier alpha value is -2.40. The smallest absolute Gasteiger partial charge is 0.340 e. The second kappa shape index (κ2) is 7.93. The highest BCUT2D eigenvalue weighted by molar-refractivity contribution is 5.79. The van der Waals surface area contributed by atoms with Crippen LogP contribution in [0.25, 0.3) is 0 Å². The van der Waals surface area contributed by atoms with Crippen molar-refractivity contribution in [2.75, 3.05) is 13.7 Å². The van der Waals surface area contributed by atoms with Crippen molar-refractivity contribution in [2.45, 2.75) is 32.3 Å². The number of rotatable bonds is 8. The van der Waals surface area contributed by atoms with Gasteiger partial charge in [-0.05, 0) is 42.7 Å². The van der Waals surface area contributed by atoms with Crippen molar-refractivity contribution in [1.82, 2.24) is 4.98 Å². The first kappa shape index (κ1) is 17.9. The van der Waals surface area contributed by atoms with E-state index in [-0.39, 0.29) is 0 Å². The van der Waals surface area contributed by atoms with Crippen LogP contribution in [0.2, 0.25) is 0 Å². The summed E-state index contributed by atoms with van der Waals surface area (Å²) in [5, 5.41) is 9.30. The van der Waals surface area contributed by atoms with Gasteiger partial charge in [-0.15, -0.1) is 0 Å². The normalized spacial score (nSPS) is 13.3. The minimum atomic E-state index is -1.36. The molecule has 128 valence electrons. The van der Waals surface area contributed by atoms with Gasteiger partial charge in [0.15, 0.2) is 5.60 Å². The molecule has 0 aliphatic carbocycles. The van der Waals surface area contributed by atoms with Crippen LogP contribution in [0.3, 0.4) is 0 Å². The molecule has 2 aromatic rings. The second-order valence-corrected chi connectivity index (χ2v) is 5.68. The Bertz CT molecular complexity index is 667. The lowest BCUT2D eigenvalue weighted by molar-refractivity contribution is -0.161. The standard InChI is InChI=1S/C19H23NO4/c1-4-14-5-8-16(20-13-14)11-12-24-17-9-6-15(7-10-17)19(2,23-3)18(21)22/h5-10,13H,4,11-12H2,1-3H3,(H,21,22). The molecular weight excluding hydrogens is 306 g/mol. The summed E-state index contributed by atoms with van der Waals surface area (Å²) < 4.78 is 10.8. The van der Waals surface area contributed by atoms with Gasteiger partial charge in [0, 0.05) is 25.4 Å². The molecule has 1 N–H and O–H groups in total. The van der Waals surface area contributed by atoms with Gasteiger partial charge >= 0.3 is 5.97 Å². The maximum Gasteiger partial charge on any atom is 0.340 e. The summed E-state index contributed by atoms with van der Waals surface area (Å²) in [7, 11) is 1.38. The molecule has 0 aliphatic rings. The van der Waals surface area contributed by atoms with E-state index in [2.05, 4.69) is 18.0 Å². The average Bonchev–Trinajstić information content (AvgIpc) is 2.62. The number of methoxy groups -OCH3 is 1. The third-order valence-corrected chi connectivity index (χ3v) is 4.14. The maximum atomic E-state index is 11.3. The van der Waals surface area contributed by atoms with Crippen LogP contribution in [0.15, 0.2) is 42.6 Å². The number of pyridine rings is 1. The topological polar surface area (TPSA) is 68.7 Å². The Balaban J connectivity index is 1.93. The van der Waals surface area contributed by atoms with Gasteiger partial charge in [0.2, 0.25) is 0 Å². The van der Waals surface area contributed by atoms with Crippen molar-refractivity contribution >= 4 is 5.97 Å². The van der Waals surface area contributed by atoms with E-state index in [0.29, 0.717) is 17.9 Å². The van der Waals surface area contributed by atoms with E-state index in [1.807, 2.05) is 12.3 Å². The van der Waals surface area contributed by atoms with Crippen LogP contribution in [0.5, 0.6) is 5.75 Å². The predicted molar refractivity (Wildman–Crippen MR) is 91.3 cm³/mol. The molecule has 0 amide bonds. The zero-order chi connectivity index (χ0) is 17.6. The number of aryl methyl sites for hydroxylation is 1. The number of aliphatic carboxylic acids is 1. The van der Waals surface area contributed by atoms with Crippen LogP contribution < -0.4 is 4.74 Å². The van der Waals surface area contributed by atoms with E-state index >= 15 is 0 Å². The lowest BCUT2D eigenvalue weighted by Crippen LogP contribution is -2.34. The van der Waals surface area contributed by atoms with Gasteiger partial charge in [-0.25, -0.2) is 4.79 Å². The first-order chi connectivity index (χ1) is 11.5. The van der Waals surface area contributed by atoms with Crippen molar-refractivity contribution < 1.29 is 19.4 Å². The van der Waals surface area contributed by atoms with Crippen LogP contribution >= 0.6 is 0 Å². The summed E-state index contributed by atoms with van der Waals surface area (Å²) in [6.45, 7) is 4.14. The highest BCUT2D eigenvalue weighted by Gasteiger charge is 2.35.